The van der Waals surface area contributed by atoms with Crippen LogP contribution < -0.4 is 5.32 Å². The van der Waals surface area contributed by atoms with Gasteiger partial charge in [0, 0.05) is 16.5 Å². The van der Waals surface area contributed by atoms with Crippen molar-refractivity contribution in [2.45, 2.75) is 18.9 Å². The minimum Gasteiger partial charge on any atom is -0.465 e. The number of amides is 1. The number of nitrogens with one attached hydrogen (secondary N) is 1. The SMILES string of the molecule is CC1(NC(=O)O)CC(=O)c2ccc(Br)cc21. The number of carbonyl (C=O) groups is 2. The van der Waals surface area contributed by atoms with Crippen LogP contribution in [0.25, 0.3) is 0 Å². The summed E-state index contributed by atoms with van der Waals surface area (Å²) in [4.78, 5) is 22.5. The monoisotopic (exact) mass is 283 g/mol. The van der Waals surface area contributed by atoms with Crippen LogP contribution in [-0.4, -0.2) is 17.0 Å². The summed E-state index contributed by atoms with van der Waals surface area (Å²) in [5.74, 6) is -0.0289. The fourth-order valence-corrected chi connectivity index (χ4v) is 2.44. The predicted molar refractivity (Wildman–Crippen MR) is 61.6 cm³/mol. The van der Waals surface area contributed by atoms with Crippen molar-refractivity contribution in [3.05, 3.63) is 33.8 Å². The average molecular weight is 284 g/mol. The van der Waals surface area contributed by atoms with Crippen LogP contribution in [0.4, 0.5) is 4.79 Å². The summed E-state index contributed by atoms with van der Waals surface area (Å²) in [5, 5.41) is 11.2. The third-order valence-electron chi connectivity index (χ3n) is 2.77. The first kappa shape index (κ1) is 11.1. The number of hydrogen-bond acceptors (Lipinski definition) is 2. The van der Waals surface area contributed by atoms with E-state index in [1.54, 1.807) is 25.1 Å². The second-order valence-electron chi connectivity index (χ2n) is 4.05. The molecule has 1 atom stereocenters. The first-order chi connectivity index (χ1) is 7.42. The highest BCUT2D eigenvalue weighted by molar-refractivity contribution is 9.10. The van der Waals surface area contributed by atoms with Gasteiger partial charge in [-0.25, -0.2) is 4.79 Å². The van der Waals surface area contributed by atoms with Crippen LogP contribution in [0.15, 0.2) is 22.7 Å². The Balaban J connectivity index is 2.52. The van der Waals surface area contributed by atoms with Crippen molar-refractivity contribution < 1.29 is 14.7 Å². The molecule has 1 unspecified atom stereocenters. The van der Waals surface area contributed by atoms with E-state index in [-0.39, 0.29) is 12.2 Å². The van der Waals surface area contributed by atoms with E-state index in [1.165, 1.54) is 0 Å². The van der Waals surface area contributed by atoms with Crippen molar-refractivity contribution >= 4 is 27.8 Å². The summed E-state index contributed by atoms with van der Waals surface area (Å²) in [5.41, 5.74) is 0.510. The number of fused-ring (bicyclic) bond motifs is 1. The molecule has 4 nitrogen and oxygen atoms in total. The molecule has 0 saturated carbocycles. The lowest BCUT2D eigenvalue weighted by atomic mass is 9.94. The highest BCUT2D eigenvalue weighted by Gasteiger charge is 2.40. The number of halogens is 1. The summed E-state index contributed by atoms with van der Waals surface area (Å²) >= 11 is 3.32. The minimum absolute atomic E-state index is 0.0289. The predicted octanol–water partition coefficient (Wildman–Crippen LogP) is 2.52. The smallest absolute Gasteiger partial charge is 0.405 e. The Hall–Kier alpha value is -1.36. The molecule has 1 aromatic rings. The maximum Gasteiger partial charge on any atom is 0.405 e. The molecule has 0 heterocycles. The molecule has 0 aliphatic heterocycles. The van der Waals surface area contributed by atoms with Gasteiger partial charge >= 0.3 is 6.09 Å². The van der Waals surface area contributed by atoms with Crippen LogP contribution in [0, 0.1) is 0 Å². The van der Waals surface area contributed by atoms with E-state index >= 15 is 0 Å². The number of carboxylic acid groups (broad SMARTS) is 1. The lowest BCUT2D eigenvalue weighted by Gasteiger charge is -2.24. The molecule has 0 fully saturated rings. The number of hydrogen-bond donors (Lipinski definition) is 2. The molecule has 2 N–H and O–H groups in total. The highest BCUT2D eigenvalue weighted by Crippen LogP contribution is 2.37. The second-order valence-corrected chi connectivity index (χ2v) is 4.97. The highest BCUT2D eigenvalue weighted by atomic mass is 79.9. The zero-order chi connectivity index (χ0) is 11.9. The fraction of sp³-hybridized carbons (Fsp3) is 0.273. The maximum atomic E-state index is 11.7. The molecule has 1 aromatic carbocycles. The zero-order valence-corrected chi connectivity index (χ0v) is 10.2. The van der Waals surface area contributed by atoms with Crippen LogP contribution in [0.3, 0.4) is 0 Å². The Labute approximate surface area is 101 Å². The number of rotatable bonds is 1. The fourth-order valence-electron chi connectivity index (χ4n) is 2.08. The van der Waals surface area contributed by atoms with E-state index in [0.717, 1.165) is 10.0 Å². The second kappa shape index (κ2) is 3.59. The van der Waals surface area contributed by atoms with Gasteiger partial charge in [0.1, 0.15) is 0 Å². The van der Waals surface area contributed by atoms with E-state index in [4.69, 9.17) is 5.11 Å². The number of carbonyl (C=O) groups excluding carboxylic acids is 1. The van der Waals surface area contributed by atoms with E-state index in [9.17, 15) is 9.59 Å². The van der Waals surface area contributed by atoms with Gasteiger partial charge in [-0.2, -0.15) is 0 Å². The zero-order valence-electron chi connectivity index (χ0n) is 8.58. The van der Waals surface area contributed by atoms with Crippen molar-refractivity contribution in [1.29, 1.82) is 0 Å². The largest absolute Gasteiger partial charge is 0.465 e. The molecule has 1 aliphatic rings. The Morgan fingerprint density at radius 3 is 2.88 bits per heavy atom. The van der Waals surface area contributed by atoms with Gasteiger partial charge in [0.2, 0.25) is 0 Å². The summed E-state index contributed by atoms with van der Waals surface area (Å²) in [6.45, 7) is 1.72. The molecule has 2 rings (SSSR count). The van der Waals surface area contributed by atoms with E-state index in [0.29, 0.717) is 5.56 Å². The molecule has 1 aliphatic carbocycles. The van der Waals surface area contributed by atoms with Crippen LogP contribution in [0.2, 0.25) is 0 Å². The molecular weight excluding hydrogens is 274 g/mol. The normalized spacial score (nSPS) is 23.0. The third-order valence-corrected chi connectivity index (χ3v) is 3.27. The Bertz CT molecular complexity index is 482. The molecule has 0 aromatic heterocycles. The Morgan fingerprint density at radius 2 is 2.25 bits per heavy atom. The van der Waals surface area contributed by atoms with Gasteiger partial charge in [0.05, 0.1) is 5.54 Å². The molecule has 84 valence electrons. The summed E-state index contributed by atoms with van der Waals surface area (Å²) in [7, 11) is 0. The first-order valence-electron chi connectivity index (χ1n) is 4.77. The molecule has 0 bridgehead atoms. The van der Waals surface area contributed by atoms with E-state index < -0.39 is 11.6 Å². The van der Waals surface area contributed by atoms with E-state index in [2.05, 4.69) is 21.2 Å². The van der Waals surface area contributed by atoms with E-state index in [1.807, 2.05) is 0 Å². The quantitative estimate of drug-likeness (QED) is 0.832. The molecule has 5 heteroatoms. The first-order valence-corrected chi connectivity index (χ1v) is 5.56. The van der Waals surface area contributed by atoms with Crippen LogP contribution in [0.5, 0.6) is 0 Å². The minimum atomic E-state index is -1.12. The van der Waals surface area contributed by atoms with Gasteiger partial charge in [-0.15, -0.1) is 0 Å². The van der Waals surface area contributed by atoms with Crippen LogP contribution in [0.1, 0.15) is 29.3 Å². The lowest BCUT2D eigenvalue weighted by Crippen LogP contribution is -2.41. The van der Waals surface area contributed by atoms with Gasteiger partial charge < -0.3 is 10.4 Å². The van der Waals surface area contributed by atoms with Crippen LogP contribution in [-0.2, 0) is 5.54 Å². The van der Waals surface area contributed by atoms with Crippen molar-refractivity contribution in [3.8, 4) is 0 Å². The molecule has 0 radical (unpaired) electrons. The van der Waals surface area contributed by atoms with Gasteiger partial charge in [-0.05, 0) is 30.7 Å². The van der Waals surface area contributed by atoms with Crippen molar-refractivity contribution in [2.24, 2.45) is 0 Å². The molecular formula is C11H10BrNO3. The van der Waals surface area contributed by atoms with Gasteiger partial charge in [-0.3, -0.25) is 4.79 Å². The topological polar surface area (TPSA) is 66.4 Å². The van der Waals surface area contributed by atoms with Gasteiger partial charge in [0.15, 0.2) is 5.78 Å². The van der Waals surface area contributed by atoms with Gasteiger partial charge in [-0.1, -0.05) is 15.9 Å². The summed E-state index contributed by atoms with van der Waals surface area (Å²) < 4.78 is 0.833. The third kappa shape index (κ3) is 1.71. The summed E-state index contributed by atoms with van der Waals surface area (Å²) in [6, 6.07) is 5.29. The van der Waals surface area contributed by atoms with Crippen LogP contribution >= 0.6 is 15.9 Å². The van der Waals surface area contributed by atoms with Gasteiger partial charge in [0.25, 0.3) is 0 Å². The summed E-state index contributed by atoms with van der Waals surface area (Å²) in [6.07, 6.45) is -0.950. The molecule has 1 amide bonds. The molecule has 0 spiro atoms. The van der Waals surface area contributed by atoms with Crippen molar-refractivity contribution in [3.63, 3.8) is 0 Å². The Morgan fingerprint density at radius 1 is 1.56 bits per heavy atom. The Kier molecular flexibility index (Phi) is 2.50. The lowest BCUT2D eigenvalue weighted by molar-refractivity contribution is 0.0969. The van der Waals surface area contributed by atoms with Crippen molar-refractivity contribution in [1.82, 2.24) is 5.32 Å². The maximum absolute atomic E-state index is 11.7. The number of Topliss-reactive ketones (excluding diaryl/α,β-unsaturated/α-hetero) is 1. The number of ketones is 1. The van der Waals surface area contributed by atoms with Crippen molar-refractivity contribution in [2.75, 3.05) is 0 Å². The number of benzene rings is 1. The average Bonchev–Trinajstić information content (AvgIpc) is 2.37. The standard InChI is InChI=1S/C11H10BrNO3/c1-11(13-10(15)16)5-9(14)7-3-2-6(12)4-8(7)11/h2-4,13H,5H2,1H3,(H,15,16). The molecule has 0 saturated heterocycles. The molecule has 16 heavy (non-hydrogen) atoms.